The number of halogens is 1. The van der Waals surface area contributed by atoms with Gasteiger partial charge in [0.2, 0.25) is 0 Å². The van der Waals surface area contributed by atoms with E-state index in [4.69, 9.17) is 9.15 Å². The first-order valence-corrected chi connectivity index (χ1v) is 6.92. The first kappa shape index (κ1) is 12.6. The van der Waals surface area contributed by atoms with E-state index in [1.165, 1.54) is 0 Å². The first-order chi connectivity index (χ1) is 8.24. The van der Waals surface area contributed by atoms with Crippen LogP contribution < -0.4 is 0 Å². The number of ether oxygens (including phenoxy) is 1. The van der Waals surface area contributed by atoms with E-state index in [1.807, 2.05) is 13.0 Å². The number of hydrogen-bond donors (Lipinski definition) is 0. The molecule has 1 aliphatic rings. The summed E-state index contributed by atoms with van der Waals surface area (Å²) in [5.74, 6) is 1.23. The van der Waals surface area contributed by atoms with Crippen molar-refractivity contribution >= 4 is 21.8 Å². The number of carbonyl (C=O) groups is 1. The zero-order valence-corrected chi connectivity index (χ0v) is 11.4. The molecule has 94 valence electrons. The van der Waals surface area contributed by atoms with Gasteiger partial charge in [-0.3, -0.25) is 4.79 Å². The number of aryl methyl sites for hydroxylation is 1. The molecule has 1 aliphatic heterocycles. The number of nitrogens with zero attached hydrogens (tertiary/aromatic N) is 1. The molecule has 0 saturated carbocycles. The van der Waals surface area contributed by atoms with Gasteiger partial charge in [0, 0.05) is 24.8 Å². The van der Waals surface area contributed by atoms with Crippen LogP contribution in [0.5, 0.6) is 0 Å². The smallest absolute Gasteiger partial charge is 0.289 e. The lowest BCUT2D eigenvalue weighted by Crippen LogP contribution is -2.46. The predicted molar refractivity (Wildman–Crippen MR) is 67.5 cm³/mol. The van der Waals surface area contributed by atoms with Crippen LogP contribution in [0.1, 0.15) is 23.2 Å². The van der Waals surface area contributed by atoms with E-state index >= 15 is 0 Å². The molecule has 0 radical (unpaired) electrons. The molecule has 5 heteroatoms. The van der Waals surface area contributed by atoms with Gasteiger partial charge in [-0.1, -0.05) is 22.9 Å². The molecule has 17 heavy (non-hydrogen) atoms. The lowest BCUT2D eigenvalue weighted by molar-refractivity contribution is -0.0108. The molecule has 1 atom stereocenters. The largest absolute Gasteiger partial charge is 0.456 e. The van der Waals surface area contributed by atoms with Crippen molar-refractivity contribution in [3.05, 3.63) is 23.7 Å². The zero-order chi connectivity index (χ0) is 12.3. The molecule has 1 aromatic rings. The highest BCUT2D eigenvalue weighted by Crippen LogP contribution is 2.14. The standard InChI is InChI=1S/C12H16BrNO3/c1-2-9-3-4-11(17-9)12(15)14-5-6-16-10(7-13)8-14/h3-4,10H,2,5-8H2,1H3. The van der Waals surface area contributed by atoms with Crippen LogP contribution in [0, 0.1) is 0 Å². The van der Waals surface area contributed by atoms with Crippen molar-refractivity contribution in [1.29, 1.82) is 0 Å². The van der Waals surface area contributed by atoms with Gasteiger partial charge in [0.15, 0.2) is 5.76 Å². The summed E-state index contributed by atoms with van der Waals surface area (Å²) < 4.78 is 11.0. The molecule has 4 nitrogen and oxygen atoms in total. The normalized spacial score (nSPS) is 20.6. The van der Waals surface area contributed by atoms with Gasteiger partial charge in [0.25, 0.3) is 5.91 Å². The van der Waals surface area contributed by atoms with E-state index < -0.39 is 0 Å². The second-order valence-electron chi connectivity index (χ2n) is 4.02. The van der Waals surface area contributed by atoms with Crippen molar-refractivity contribution in [1.82, 2.24) is 4.90 Å². The summed E-state index contributed by atoms with van der Waals surface area (Å²) in [4.78, 5) is 13.9. The molecule has 1 unspecified atom stereocenters. The van der Waals surface area contributed by atoms with Crippen LogP contribution in [0.15, 0.2) is 16.5 Å². The summed E-state index contributed by atoms with van der Waals surface area (Å²) in [5, 5.41) is 0.745. The number of alkyl halides is 1. The number of furan rings is 1. The monoisotopic (exact) mass is 301 g/mol. The summed E-state index contributed by atoms with van der Waals surface area (Å²) in [5.41, 5.74) is 0. The van der Waals surface area contributed by atoms with Crippen LogP contribution in [0.2, 0.25) is 0 Å². The van der Waals surface area contributed by atoms with E-state index in [0.29, 0.717) is 25.5 Å². The van der Waals surface area contributed by atoms with E-state index in [2.05, 4.69) is 15.9 Å². The Hall–Kier alpha value is -0.810. The summed E-state index contributed by atoms with van der Waals surface area (Å²) in [6.07, 6.45) is 0.883. The molecule has 1 amide bonds. The van der Waals surface area contributed by atoms with Crippen LogP contribution in [0.3, 0.4) is 0 Å². The number of carbonyl (C=O) groups excluding carboxylic acids is 1. The highest BCUT2D eigenvalue weighted by atomic mass is 79.9. The molecule has 1 fully saturated rings. The van der Waals surface area contributed by atoms with E-state index in [1.54, 1.807) is 11.0 Å². The van der Waals surface area contributed by atoms with Crippen LogP contribution in [-0.2, 0) is 11.2 Å². The van der Waals surface area contributed by atoms with Gasteiger partial charge in [0.1, 0.15) is 5.76 Å². The molecular weight excluding hydrogens is 286 g/mol. The third-order valence-corrected chi connectivity index (χ3v) is 3.54. The van der Waals surface area contributed by atoms with Crippen LogP contribution in [0.4, 0.5) is 0 Å². The van der Waals surface area contributed by atoms with Crippen molar-refractivity contribution in [2.24, 2.45) is 0 Å². The Morgan fingerprint density at radius 3 is 3.06 bits per heavy atom. The highest BCUT2D eigenvalue weighted by molar-refractivity contribution is 9.09. The Labute approximate surface area is 109 Å². The first-order valence-electron chi connectivity index (χ1n) is 5.80. The number of amides is 1. The zero-order valence-electron chi connectivity index (χ0n) is 9.82. The summed E-state index contributed by atoms with van der Waals surface area (Å²) >= 11 is 3.37. The molecule has 1 aromatic heterocycles. The third kappa shape index (κ3) is 2.90. The molecule has 0 bridgehead atoms. The Kier molecular flexibility index (Phi) is 4.23. The second-order valence-corrected chi connectivity index (χ2v) is 4.67. The van der Waals surface area contributed by atoms with Crippen molar-refractivity contribution in [2.75, 3.05) is 25.0 Å². The van der Waals surface area contributed by atoms with Gasteiger partial charge in [-0.05, 0) is 12.1 Å². The molecule has 0 aliphatic carbocycles. The average molecular weight is 302 g/mol. The van der Waals surface area contributed by atoms with Gasteiger partial charge < -0.3 is 14.1 Å². The molecular formula is C12H16BrNO3. The van der Waals surface area contributed by atoms with Gasteiger partial charge in [0.05, 0.1) is 12.7 Å². The average Bonchev–Trinajstić information content (AvgIpc) is 2.86. The van der Waals surface area contributed by atoms with Crippen molar-refractivity contribution in [2.45, 2.75) is 19.4 Å². The Morgan fingerprint density at radius 1 is 1.59 bits per heavy atom. The quantitative estimate of drug-likeness (QED) is 0.803. The Balaban J connectivity index is 2.03. The Morgan fingerprint density at radius 2 is 2.41 bits per heavy atom. The minimum absolute atomic E-state index is 0.0426. The van der Waals surface area contributed by atoms with E-state index in [9.17, 15) is 4.79 Å². The maximum Gasteiger partial charge on any atom is 0.289 e. The molecule has 2 heterocycles. The number of rotatable bonds is 3. The minimum Gasteiger partial charge on any atom is -0.456 e. The SMILES string of the molecule is CCc1ccc(C(=O)N2CCOC(CBr)C2)o1. The summed E-state index contributed by atoms with van der Waals surface area (Å²) in [7, 11) is 0. The minimum atomic E-state index is -0.0426. The second kappa shape index (κ2) is 5.69. The fourth-order valence-electron chi connectivity index (χ4n) is 1.84. The van der Waals surface area contributed by atoms with Gasteiger partial charge in [-0.15, -0.1) is 0 Å². The Bertz CT molecular complexity index is 391. The fraction of sp³-hybridized carbons (Fsp3) is 0.583. The highest BCUT2D eigenvalue weighted by Gasteiger charge is 2.26. The van der Waals surface area contributed by atoms with Crippen molar-refractivity contribution in [3.63, 3.8) is 0 Å². The van der Waals surface area contributed by atoms with Gasteiger partial charge in [-0.2, -0.15) is 0 Å². The summed E-state index contributed by atoms with van der Waals surface area (Å²) in [6.45, 7) is 3.84. The topological polar surface area (TPSA) is 42.7 Å². The molecule has 0 N–H and O–H groups in total. The van der Waals surface area contributed by atoms with Crippen LogP contribution in [0.25, 0.3) is 0 Å². The summed E-state index contributed by atoms with van der Waals surface area (Å²) in [6, 6.07) is 3.61. The van der Waals surface area contributed by atoms with E-state index in [-0.39, 0.29) is 12.0 Å². The third-order valence-electron chi connectivity index (χ3n) is 2.82. The molecule has 0 aromatic carbocycles. The molecule has 2 rings (SSSR count). The fourth-order valence-corrected chi connectivity index (χ4v) is 2.23. The maximum atomic E-state index is 12.2. The number of morpholine rings is 1. The number of hydrogen-bond acceptors (Lipinski definition) is 3. The predicted octanol–water partition coefficient (Wildman–Crippen LogP) is 2.08. The van der Waals surface area contributed by atoms with Gasteiger partial charge >= 0.3 is 0 Å². The van der Waals surface area contributed by atoms with Gasteiger partial charge in [-0.25, -0.2) is 0 Å². The molecule has 0 spiro atoms. The maximum absolute atomic E-state index is 12.2. The lowest BCUT2D eigenvalue weighted by Gasteiger charge is -2.31. The lowest BCUT2D eigenvalue weighted by atomic mass is 10.2. The van der Waals surface area contributed by atoms with Crippen molar-refractivity contribution < 1.29 is 13.9 Å². The molecule has 1 saturated heterocycles. The van der Waals surface area contributed by atoms with Crippen LogP contribution in [-0.4, -0.2) is 41.9 Å². The van der Waals surface area contributed by atoms with Crippen molar-refractivity contribution in [3.8, 4) is 0 Å². The van der Waals surface area contributed by atoms with E-state index in [0.717, 1.165) is 17.5 Å². The van der Waals surface area contributed by atoms with Crippen LogP contribution >= 0.6 is 15.9 Å².